The molecule has 2 atom stereocenters. The summed E-state index contributed by atoms with van der Waals surface area (Å²) in [6.45, 7) is 1.91. The first-order valence-corrected chi connectivity index (χ1v) is 8.89. The first kappa shape index (κ1) is 17.6. The van der Waals surface area contributed by atoms with E-state index in [4.69, 9.17) is 4.74 Å². The number of benzene rings is 1. The number of rotatable bonds is 3. The third kappa shape index (κ3) is 2.88. The van der Waals surface area contributed by atoms with Crippen molar-refractivity contribution in [1.29, 1.82) is 0 Å². The van der Waals surface area contributed by atoms with Crippen molar-refractivity contribution < 1.29 is 23.9 Å². The number of fused-ring (bicyclic) bond motifs is 1. The zero-order valence-electron chi connectivity index (χ0n) is 14.9. The summed E-state index contributed by atoms with van der Waals surface area (Å²) in [7, 11) is 1.81. The van der Waals surface area contributed by atoms with Crippen molar-refractivity contribution in [2.24, 2.45) is 0 Å². The van der Waals surface area contributed by atoms with Crippen LogP contribution < -0.4 is 15.5 Å². The van der Waals surface area contributed by atoms with Crippen molar-refractivity contribution in [2.75, 3.05) is 31.6 Å². The van der Waals surface area contributed by atoms with Crippen LogP contribution in [-0.4, -0.2) is 67.5 Å². The highest BCUT2D eigenvalue weighted by molar-refractivity contribution is 6.25. The van der Waals surface area contributed by atoms with Crippen LogP contribution in [0.25, 0.3) is 0 Å². The molecule has 0 spiro atoms. The Morgan fingerprint density at radius 3 is 2.70 bits per heavy atom. The second-order valence-corrected chi connectivity index (χ2v) is 6.79. The number of piperidine rings is 1. The summed E-state index contributed by atoms with van der Waals surface area (Å²) in [4.78, 5) is 52.3. The van der Waals surface area contributed by atoms with Crippen LogP contribution in [0.1, 0.15) is 33.6 Å². The molecular formula is C18H20N4O5. The lowest BCUT2D eigenvalue weighted by molar-refractivity contribution is -0.136. The summed E-state index contributed by atoms with van der Waals surface area (Å²) in [5.41, 5.74) is 1.11. The van der Waals surface area contributed by atoms with Crippen LogP contribution in [0.4, 0.5) is 5.69 Å². The van der Waals surface area contributed by atoms with E-state index in [9.17, 15) is 19.2 Å². The normalized spacial score (nSPS) is 25.4. The van der Waals surface area contributed by atoms with Crippen LogP contribution in [0.5, 0.6) is 0 Å². The molecule has 0 aromatic heterocycles. The summed E-state index contributed by atoms with van der Waals surface area (Å²) in [5.74, 6) is -2.04. The molecule has 1 unspecified atom stereocenters. The predicted molar refractivity (Wildman–Crippen MR) is 94.1 cm³/mol. The molecule has 9 heteroatoms. The number of amides is 4. The standard InChI is InChI=1S/C18H20N4O5/c1-21(14-9-19-7-8-27-14)11-4-2-3-10-15(11)18(26)22(17(10)25)12-5-6-13(23)20-16(12)24/h2-4,12,14,19H,5-9H2,1H3,(H,20,23,24)/t12?,14-/m0/s1. The Labute approximate surface area is 155 Å². The number of likely N-dealkylation sites (N-methyl/N-ethyl adjacent to an activating group) is 1. The van der Waals surface area contributed by atoms with Crippen molar-refractivity contribution in [1.82, 2.24) is 15.5 Å². The minimum absolute atomic E-state index is 0.0954. The molecule has 0 bridgehead atoms. The number of imide groups is 2. The van der Waals surface area contributed by atoms with Gasteiger partial charge in [-0.25, -0.2) is 0 Å². The summed E-state index contributed by atoms with van der Waals surface area (Å²) in [6, 6.07) is 4.08. The smallest absolute Gasteiger partial charge is 0.264 e. The van der Waals surface area contributed by atoms with E-state index < -0.39 is 29.7 Å². The molecule has 3 aliphatic heterocycles. The summed E-state index contributed by atoms with van der Waals surface area (Å²) in [6.07, 6.45) is -0.0347. The topological polar surface area (TPSA) is 108 Å². The molecular weight excluding hydrogens is 352 g/mol. The second-order valence-electron chi connectivity index (χ2n) is 6.79. The zero-order valence-corrected chi connectivity index (χ0v) is 14.9. The average Bonchev–Trinajstić information content (AvgIpc) is 2.93. The van der Waals surface area contributed by atoms with Gasteiger partial charge in [0.2, 0.25) is 11.8 Å². The fourth-order valence-electron chi connectivity index (χ4n) is 3.75. The third-order valence-corrected chi connectivity index (χ3v) is 5.17. The number of carbonyl (C=O) groups is 4. The van der Waals surface area contributed by atoms with Crippen molar-refractivity contribution >= 4 is 29.3 Å². The monoisotopic (exact) mass is 372 g/mol. The van der Waals surface area contributed by atoms with Gasteiger partial charge < -0.3 is 15.0 Å². The van der Waals surface area contributed by atoms with Crippen LogP contribution >= 0.6 is 0 Å². The van der Waals surface area contributed by atoms with Crippen LogP contribution in [-0.2, 0) is 14.3 Å². The number of ether oxygens (including phenoxy) is 1. The Morgan fingerprint density at radius 1 is 1.19 bits per heavy atom. The molecule has 1 aromatic rings. The highest BCUT2D eigenvalue weighted by Crippen LogP contribution is 2.34. The first-order valence-electron chi connectivity index (χ1n) is 8.89. The number of hydrogen-bond acceptors (Lipinski definition) is 7. The van der Waals surface area contributed by atoms with Gasteiger partial charge in [-0.1, -0.05) is 6.07 Å². The predicted octanol–water partition coefficient (Wildman–Crippen LogP) is -0.530. The molecule has 1 aromatic carbocycles. The fourth-order valence-corrected chi connectivity index (χ4v) is 3.75. The van der Waals surface area contributed by atoms with Crippen molar-refractivity contribution in [3.8, 4) is 0 Å². The lowest BCUT2D eigenvalue weighted by Gasteiger charge is -2.34. The molecule has 2 fully saturated rings. The van der Waals surface area contributed by atoms with E-state index in [1.165, 1.54) is 0 Å². The van der Waals surface area contributed by atoms with Crippen molar-refractivity contribution in [3.63, 3.8) is 0 Å². The van der Waals surface area contributed by atoms with E-state index in [1.54, 1.807) is 25.2 Å². The van der Waals surface area contributed by atoms with Crippen LogP contribution in [0.3, 0.4) is 0 Å². The molecule has 9 nitrogen and oxygen atoms in total. The highest BCUT2D eigenvalue weighted by atomic mass is 16.5. The van der Waals surface area contributed by atoms with E-state index in [2.05, 4.69) is 10.6 Å². The van der Waals surface area contributed by atoms with Gasteiger partial charge >= 0.3 is 0 Å². The molecule has 3 heterocycles. The maximum absolute atomic E-state index is 13.1. The second kappa shape index (κ2) is 6.75. The Kier molecular flexibility index (Phi) is 4.40. The van der Waals surface area contributed by atoms with Gasteiger partial charge in [0, 0.05) is 26.6 Å². The molecule has 2 saturated heterocycles. The van der Waals surface area contributed by atoms with E-state index >= 15 is 0 Å². The van der Waals surface area contributed by atoms with E-state index in [-0.39, 0.29) is 30.2 Å². The van der Waals surface area contributed by atoms with Gasteiger partial charge in [-0.05, 0) is 18.6 Å². The maximum Gasteiger partial charge on any atom is 0.264 e. The Morgan fingerprint density at radius 2 is 2.00 bits per heavy atom. The number of nitrogens with zero attached hydrogens (tertiary/aromatic N) is 2. The van der Waals surface area contributed by atoms with Crippen molar-refractivity contribution in [3.05, 3.63) is 29.3 Å². The fraction of sp³-hybridized carbons (Fsp3) is 0.444. The van der Waals surface area contributed by atoms with E-state index in [1.807, 2.05) is 4.90 Å². The van der Waals surface area contributed by atoms with Gasteiger partial charge in [0.1, 0.15) is 12.3 Å². The van der Waals surface area contributed by atoms with Crippen LogP contribution in [0, 0.1) is 0 Å². The highest BCUT2D eigenvalue weighted by Gasteiger charge is 2.46. The SMILES string of the molecule is CN(c1cccc2c1C(=O)N(C1CCC(=O)NC1=O)C2=O)[C@@H]1CNCCO1. The minimum Gasteiger partial charge on any atom is -0.356 e. The van der Waals surface area contributed by atoms with Crippen molar-refractivity contribution in [2.45, 2.75) is 25.1 Å². The molecule has 3 aliphatic rings. The van der Waals surface area contributed by atoms with Crippen LogP contribution in [0.2, 0.25) is 0 Å². The molecule has 4 amide bonds. The summed E-state index contributed by atoms with van der Waals surface area (Å²) in [5, 5.41) is 5.43. The molecule has 2 N–H and O–H groups in total. The van der Waals surface area contributed by atoms with Gasteiger partial charge in [-0.15, -0.1) is 0 Å². The minimum atomic E-state index is -0.971. The van der Waals surface area contributed by atoms with Gasteiger partial charge in [-0.2, -0.15) is 0 Å². The first-order chi connectivity index (χ1) is 13.0. The maximum atomic E-state index is 13.1. The molecule has 0 aliphatic carbocycles. The average molecular weight is 372 g/mol. The molecule has 0 radical (unpaired) electrons. The number of anilines is 1. The lowest BCUT2D eigenvalue weighted by Crippen LogP contribution is -2.54. The Bertz CT molecular complexity index is 833. The van der Waals surface area contributed by atoms with Gasteiger partial charge in [0.15, 0.2) is 0 Å². The number of hydrogen-bond donors (Lipinski definition) is 2. The zero-order chi connectivity index (χ0) is 19.1. The lowest BCUT2D eigenvalue weighted by atomic mass is 10.0. The third-order valence-electron chi connectivity index (χ3n) is 5.17. The molecule has 142 valence electrons. The van der Waals surface area contributed by atoms with E-state index in [0.29, 0.717) is 18.8 Å². The Hall–Kier alpha value is -2.78. The number of morpholine rings is 1. The van der Waals surface area contributed by atoms with Gasteiger partial charge in [-0.3, -0.25) is 29.4 Å². The quantitative estimate of drug-likeness (QED) is 0.687. The molecule has 4 rings (SSSR count). The molecule has 0 saturated carbocycles. The molecule has 27 heavy (non-hydrogen) atoms. The van der Waals surface area contributed by atoms with Crippen LogP contribution in [0.15, 0.2) is 18.2 Å². The number of carbonyl (C=O) groups excluding carboxylic acids is 4. The Balaban J connectivity index is 1.67. The summed E-state index contributed by atoms with van der Waals surface area (Å²) < 4.78 is 5.74. The van der Waals surface area contributed by atoms with Gasteiger partial charge in [0.05, 0.1) is 23.4 Å². The summed E-state index contributed by atoms with van der Waals surface area (Å²) >= 11 is 0. The number of nitrogens with one attached hydrogen (secondary N) is 2. The van der Waals surface area contributed by atoms with E-state index in [0.717, 1.165) is 11.4 Å². The van der Waals surface area contributed by atoms with Gasteiger partial charge in [0.25, 0.3) is 11.8 Å². The largest absolute Gasteiger partial charge is 0.356 e.